The lowest BCUT2D eigenvalue weighted by Crippen LogP contribution is -2.24. The number of benzene rings is 1. The molecule has 1 aromatic rings. The van der Waals surface area contributed by atoms with Gasteiger partial charge in [0.25, 0.3) is 0 Å². The van der Waals surface area contributed by atoms with Crippen LogP contribution in [-0.4, -0.2) is 38.0 Å². The molecule has 1 aromatic carbocycles. The first-order chi connectivity index (χ1) is 7.35. The molecular formula is C11H17NO3S. The lowest BCUT2D eigenvalue weighted by Gasteiger charge is -2.15. The zero-order chi connectivity index (χ0) is 12.3. The van der Waals surface area contributed by atoms with Crippen molar-refractivity contribution in [1.29, 1.82) is 0 Å². The Labute approximate surface area is 96.6 Å². The summed E-state index contributed by atoms with van der Waals surface area (Å²) in [6.07, 6.45) is -0.220. The molecule has 1 unspecified atom stereocenters. The minimum atomic E-state index is -3.43. The van der Waals surface area contributed by atoms with E-state index in [0.29, 0.717) is 12.0 Å². The summed E-state index contributed by atoms with van der Waals surface area (Å²) in [7, 11) is -0.442. The van der Waals surface area contributed by atoms with Gasteiger partial charge in [0.05, 0.1) is 11.0 Å². The van der Waals surface area contributed by atoms with E-state index in [-0.39, 0.29) is 4.90 Å². The van der Waals surface area contributed by atoms with E-state index >= 15 is 0 Å². The molecule has 0 amide bonds. The molecule has 0 aliphatic carbocycles. The molecule has 0 aliphatic heterocycles. The third-order valence-corrected chi connectivity index (χ3v) is 4.16. The number of rotatable bonds is 4. The van der Waals surface area contributed by atoms with Crippen LogP contribution in [0, 0.1) is 0 Å². The molecule has 0 fully saturated rings. The smallest absolute Gasteiger partial charge is 0.242 e. The van der Waals surface area contributed by atoms with Gasteiger partial charge in [-0.2, -0.15) is 0 Å². The van der Waals surface area contributed by atoms with Gasteiger partial charge < -0.3 is 5.11 Å². The van der Waals surface area contributed by atoms with Gasteiger partial charge in [0.15, 0.2) is 0 Å². The molecule has 16 heavy (non-hydrogen) atoms. The Morgan fingerprint density at radius 3 is 2.38 bits per heavy atom. The fourth-order valence-electron chi connectivity index (χ4n) is 1.44. The molecule has 0 radical (unpaired) electrons. The highest BCUT2D eigenvalue weighted by Gasteiger charge is 2.20. The second kappa shape index (κ2) is 4.95. The van der Waals surface area contributed by atoms with Crippen molar-refractivity contribution < 1.29 is 13.5 Å². The Balaban J connectivity index is 3.24. The van der Waals surface area contributed by atoms with Crippen molar-refractivity contribution in [1.82, 2.24) is 4.31 Å². The normalized spacial score (nSPS) is 14.1. The maximum Gasteiger partial charge on any atom is 0.242 e. The third-order valence-electron chi connectivity index (χ3n) is 2.25. The number of nitrogens with zero attached hydrogens (tertiary/aromatic N) is 1. The second-order valence-corrected chi connectivity index (χ2v) is 6.07. The minimum Gasteiger partial charge on any atom is -0.393 e. The topological polar surface area (TPSA) is 57.6 Å². The molecule has 1 N–H and O–H groups in total. The van der Waals surface area contributed by atoms with Crippen LogP contribution in [0.4, 0.5) is 0 Å². The van der Waals surface area contributed by atoms with E-state index in [9.17, 15) is 13.5 Å². The standard InChI is InChI=1S/C11H17NO3S/c1-9(13)8-10-6-4-5-7-11(10)16(14,15)12(2)3/h4-7,9,13H,8H2,1-3H3. The van der Waals surface area contributed by atoms with Crippen LogP contribution in [0.1, 0.15) is 12.5 Å². The lowest BCUT2D eigenvalue weighted by molar-refractivity contribution is 0.194. The van der Waals surface area contributed by atoms with Gasteiger partial charge in [-0.25, -0.2) is 12.7 Å². The summed E-state index contributed by atoms with van der Waals surface area (Å²) in [6, 6.07) is 6.74. The van der Waals surface area contributed by atoms with Crippen molar-refractivity contribution in [2.75, 3.05) is 14.1 Å². The number of aliphatic hydroxyl groups excluding tert-OH is 1. The quantitative estimate of drug-likeness (QED) is 0.853. The predicted octanol–water partition coefficient (Wildman–Crippen LogP) is 0.860. The highest BCUT2D eigenvalue weighted by molar-refractivity contribution is 7.89. The Morgan fingerprint density at radius 2 is 1.88 bits per heavy atom. The monoisotopic (exact) mass is 243 g/mol. The van der Waals surface area contributed by atoms with Crippen molar-refractivity contribution in [2.24, 2.45) is 0 Å². The summed E-state index contributed by atoms with van der Waals surface area (Å²) in [4.78, 5) is 0.265. The van der Waals surface area contributed by atoms with Crippen molar-refractivity contribution in [2.45, 2.75) is 24.3 Å². The Hall–Kier alpha value is -0.910. The fraction of sp³-hybridized carbons (Fsp3) is 0.455. The van der Waals surface area contributed by atoms with Crippen LogP contribution in [0.3, 0.4) is 0 Å². The second-order valence-electron chi connectivity index (χ2n) is 3.95. The summed E-state index contributed by atoms with van der Waals surface area (Å²) in [5.74, 6) is 0. The predicted molar refractivity (Wildman–Crippen MR) is 62.7 cm³/mol. The first-order valence-electron chi connectivity index (χ1n) is 5.04. The van der Waals surface area contributed by atoms with Crippen LogP contribution < -0.4 is 0 Å². The molecule has 0 heterocycles. The molecule has 0 bridgehead atoms. The zero-order valence-corrected chi connectivity index (χ0v) is 10.5. The lowest BCUT2D eigenvalue weighted by atomic mass is 10.1. The van der Waals surface area contributed by atoms with Crippen LogP contribution >= 0.6 is 0 Å². The van der Waals surface area contributed by atoms with E-state index in [1.165, 1.54) is 18.4 Å². The Kier molecular flexibility index (Phi) is 4.07. The number of hydrogen-bond donors (Lipinski definition) is 1. The SMILES string of the molecule is CC(O)Cc1ccccc1S(=O)(=O)N(C)C. The van der Waals surface area contributed by atoms with E-state index < -0.39 is 16.1 Å². The van der Waals surface area contributed by atoms with Crippen LogP contribution in [0.5, 0.6) is 0 Å². The van der Waals surface area contributed by atoms with Crippen LogP contribution in [0.2, 0.25) is 0 Å². The average molecular weight is 243 g/mol. The molecule has 0 aromatic heterocycles. The number of sulfonamides is 1. The van der Waals surface area contributed by atoms with Gasteiger partial charge in [0, 0.05) is 14.1 Å². The molecule has 0 saturated heterocycles. The summed E-state index contributed by atoms with van der Waals surface area (Å²) < 4.78 is 25.1. The van der Waals surface area contributed by atoms with Gasteiger partial charge in [-0.3, -0.25) is 0 Å². The first kappa shape index (κ1) is 13.2. The molecule has 90 valence electrons. The van der Waals surface area contributed by atoms with Gasteiger partial charge in [-0.1, -0.05) is 18.2 Å². The van der Waals surface area contributed by atoms with Crippen molar-refractivity contribution in [3.63, 3.8) is 0 Å². The van der Waals surface area contributed by atoms with Gasteiger partial charge >= 0.3 is 0 Å². The minimum absolute atomic E-state index is 0.265. The highest BCUT2D eigenvalue weighted by atomic mass is 32.2. The van der Waals surface area contributed by atoms with E-state index in [0.717, 1.165) is 0 Å². The van der Waals surface area contributed by atoms with Crippen molar-refractivity contribution in [3.05, 3.63) is 29.8 Å². The van der Waals surface area contributed by atoms with Crippen molar-refractivity contribution >= 4 is 10.0 Å². The van der Waals surface area contributed by atoms with Crippen molar-refractivity contribution in [3.8, 4) is 0 Å². The zero-order valence-electron chi connectivity index (χ0n) is 9.71. The molecule has 0 aliphatic rings. The summed E-state index contributed by atoms with van der Waals surface area (Å²) in [5, 5.41) is 9.33. The van der Waals surface area contributed by atoms with Gasteiger partial charge in [0.1, 0.15) is 0 Å². The Bertz CT molecular complexity index is 452. The molecule has 1 atom stereocenters. The van der Waals surface area contributed by atoms with Gasteiger partial charge in [-0.15, -0.1) is 0 Å². The first-order valence-corrected chi connectivity index (χ1v) is 6.48. The highest BCUT2D eigenvalue weighted by Crippen LogP contribution is 2.19. The molecule has 4 nitrogen and oxygen atoms in total. The van der Waals surface area contributed by atoms with Crippen LogP contribution in [0.15, 0.2) is 29.2 Å². The van der Waals surface area contributed by atoms with E-state index in [1.54, 1.807) is 31.2 Å². The largest absolute Gasteiger partial charge is 0.393 e. The molecule has 0 saturated carbocycles. The Morgan fingerprint density at radius 1 is 1.31 bits per heavy atom. The maximum atomic E-state index is 12.0. The molecule has 5 heteroatoms. The van der Waals surface area contributed by atoms with E-state index in [1.807, 2.05) is 0 Å². The van der Waals surface area contributed by atoms with E-state index in [4.69, 9.17) is 0 Å². The van der Waals surface area contributed by atoms with Gasteiger partial charge in [0.2, 0.25) is 10.0 Å². The molecular weight excluding hydrogens is 226 g/mol. The van der Waals surface area contributed by atoms with Crippen LogP contribution in [-0.2, 0) is 16.4 Å². The number of hydrogen-bond acceptors (Lipinski definition) is 3. The summed E-state index contributed by atoms with van der Waals surface area (Å²) in [6.45, 7) is 1.64. The van der Waals surface area contributed by atoms with E-state index in [2.05, 4.69) is 0 Å². The maximum absolute atomic E-state index is 12.0. The number of aliphatic hydroxyl groups is 1. The van der Waals surface area contributed by atoms with Gasteiger partial charge in [-0.05, 0) is 25.0 Å². The molecule has 0 spiro atoms. The fourth-order valence-corrected chi connectivity index (χ4v) is 2.57. The summed E-state index contributed by atoms with van der Waals surface area (Å²) >= 11 is 0. The van der Waals surface area contributed by atoms with Crippen LogP contribution in [0.25, 0.3) is 0 Å². The molecule has 1 rings (SSSR count). The average Bonchev–Trinajstić information content (AvgIpc) is 2.17. The third kappa shape index (κ3) is 2.81. The summed E-state index contributed by atoms with van der Waals surface area (Å²) in [5.41, 5.74) is 0.645.